The van der Waals surface area contributed by atoms with Gasteiger partial charge in [0.2, 0.25) is 0 Å². The van der Waals surface area contributed by atoms with Crippen molar-refractivity contribution < 1.29 is 14.8 Å². The maximum absolute atomic E-state index is 10.7. The summed E-state index contributed by atoms with van der Waals surface area (Å²) in [7, 11) is 0. The van der Waals surface area contributed by atoms with Crippen molar-refractivity contribution in [1.82, 2.24) is 4.98 Å². The summed E-state index contributed by atoms with van der Waals surface area (Å²) < 4.78 is 0. The molecule has 1 fully saturated rings. The average Bonchev–Trinajstić information content (AvgIpc) is 2.93. The number of carbonyl (C=O) groups is 1. The molecular weight excluding hydrogens is 276 g/mol. The Labute approximate surface area is 120 Å². The Bertz CT molecular complexity index is 611. The molecule has 0 aromatic carbocycles. The summed E-state index contributed by atoms with van der Waals surface area (Å²) in [6, 6.07) is 3.15. The van der Waals surface area contributed by atoms with Gasteiger partial charge in [-0.3, -0.25) is 14.9 Å². The van der Waals surface area contributed by atoms with Crippen LogP contribution in [-0.2, 0) is 4.79 Å². The summed E-state index contributed by atoms with van der Waals surface area (Å²) in [6.07, 6.45) is 2.68. The van der Waals surface area contributed by atoms with E-state index in [2.05, 4.69) is 4.98 Å². The summed E-state index contributed by atoms with van der Waals surface area (Å²) in [5.41, 5.74) is -0.0417. The molecule has 0 amide bonds. The maximum Gasteiger partial charge on any atom is 0.303 e. The minimum absolute atomic E-state index is 0.122. The Morgan fingerprint density at radius 2 is 2.43 bits per heavy atom. The Morgan fingerprint density at radius 1 is 1.67 bits per heavy atom. The second-order valence-corrected chi connectivity index (χ2v) is 4.97. The number of aromatic nitrogens is 1. The lowest BCUT2D eigenvalue weighted by atomic mass is 10.0. The molecule has 110 valence electrons. The molecule has 1 aromatic rings. The van der Waals surface area contributed by atoms with Crippen molar-refractivity contribution in [3.63, 3.8) is 0 Å². The van der Waals surface area contributed by atoms with E-state index >= 15 is 0 Å². The molecule has 8 nitrogen and oxygen atoms in total. The third-order valence-electron chi connectivity index (χ3n) is 3.54. The molecule has 2 rings (SSSR count). The fraction of sp³-hybridized carbons (Fsp3) is 0.462. The predicted octanol–water partition coefficient (Wildman–Crippen LogP) is 1.55. The first-order chi connectivity index (χ1) is 10.0. The van der Waals surface area contributed by atoms with Crippen LogP contribution in [0, 0.1) is 27.4 Å². The van der Waals surface area contributed by atoms with Crippen LogP contribution in [0.15, 0.2) is 12.3 Å². The van der Waals surface area contributed by atoms with Gasteiger partial charge in [0.05, 0.1) is 4.92 Å². The van der Waals surface area contributed by atoms with Gasteiger partial charge in [-0.15, -0.1) is 0 Å². The Kier molecular flexibility index (Phi) is 4.33. The van der Waals surface area contributed by atoms with Crippen molar-refractivity contribution in [2.24, 2.45) is 5.92 Å². The van der Waals surface area contributed by atoms with E-state index in [-0.39, 0.29) is 23.6 Å². The first kappa shape index (κ1) is 14.7. The standard InChI is InChI=1S/C13H14N4O4/c14-6-10-5-11(17(20)21)7-15-13(10)16-4-3-9(8-16)1-2-12(18)19/h5,7,9H,1-4,8H2,(H,18,19). The number of nitro groups is 1. The van der Waals surface area contributed by atoms with E-state index in [1.807, 2.05) is 11.0 Å². The van der Waals surface area contributed by atoms with E-state index in [4.69, 9.17) is 10.4 Å². The summed E-state index contributed by atoms with van der Waals surface area (Å²) in [5, 5.41) is 28.5. The van der Waals surface area contributed by atoms with Crippen molar-refractivity contribution in [2.75, 3.05) is 18.0 Å². The number of nitriles is 1. The van der Waals surface area contributed by atoms with Gasteiger partial charge in [-0.05, 0) is 18.8 Å². The molecule has 1 aromatic heterocycles. The number of nitrogens with zero attached hydrogens (tertiary/aromatic N) is 4. The first-order valence-corrected chi connectivity index (χ1v) is 6.52. The van der Waals surface area contributed by atoms with Crippen molar-refractivity contribution in [3.8, 4) is 6.07 Å². The van der Waals surface area contributed by atoms with Gasteiger partial charge in [0.1, 0.15) is 23.6 Å². The molecule has 1 N–H and O–H groups in total. The highest BCUT2D eigenvalue weighted by atomic mass is 16.6. The van der Waals surface area contributed by atoms with Crippen LogP contribution in [0.4, 0.5) is 11.5 Å². The monoisotopic (exact) mass is 290 g/mol. The normalized spacial score (nSPS) is 17.5. The Balaban J connectivity index is 2.11. The van der Waals surface area contributed by atoms with Crippen LogP contribution in [-0.4, -0.2) is 34.1 Å². The molecule has 0 bridgehead atoms. The number of aliphatic carboxylic acids is 1. The molecule has 8 heteroatoms. The van der Waals surface area contributed by atoms with E-state index < -0.39 is 10.9 Å². The van der Waals surface area contributed by atoms with E-state index in [9.17, 15) is 14.9 Å². The van der Waals surface area contributed by atoms with Crippen LogP contribution in [0.1, 0.15) is 24.8 Å². The average molecular weight is 290 g/mol. The second kappa shape index (κ2) is 6.17. The summed E-state index contributed by atoms with van der Waals surface area (Å²) >= 11 is 0. The predicted molar refractivity (Wildman–Crippen MR) is 72.8 cm³/mol. The molecule has 21 heavy (non-hydrogen) atoms. The number of hydrogen-bond donors (Lipinski definition) is 1. The topological polar surface area (TPSA) is 120 Å². The molecule has 1 aliphatic rings. The van der Waals surface area contributed by atoms with Crippen molar-refractivity contribution in [2.45, 2.75) is 19.3 Å². The van der Waals surface area contributed by atoms with Crippen molar-refractivity contribution >= 4 is 17.5 Å². The Hall–Kier alpha value is -2.69. The molecule has 1 saturated heterocycles. The van der Waals surface area contributed by atoms with Gasteiger partial charge in [-0.1, -0.05) is 0 Å². The van der Waals surface area contributed by atoms with E-state index in [0.717, 1.165) is 12.6 Å². The maximum atomic E-state index is 10.7. The molecule has 0 aliphatic carbocycles. The van der Waals surface area contributed by atoms with Crippen molar-refractivity contribution in [1.29, 1.82) is 5.26 Å². The number of hydrogen-bond acceptors (Lipinski definition) is 6. The Morgan fingerprint density at radius 3 is 3.05 bits per heavy atom. The van der Waals surface area contributed by atoms with Crippen LogP contribution in [0.5, 0.6) is 0 Å². The molecule has 1 aliphatic heterocycles. The number of carboxylic acids is 1. The first-order valence-electron chi connectivity index (χ1n) is 6.52. The zero-order valence-corrected chi connectivity index (χ0v) is 11.2. The third-order valence-corrected chi connectivity index (χ3v) is 3.54. The van der Waals surface area contributed by atoms with Crippen LogP contribution >= 0.6 is 0 Å². The summed E-state index contributed by atoms with van der Waals surface area (Å²) in [4.78, 5) is 26.6. The largest absolute Gasteiger partial charge is 0.481 e. The van der Waals surface area contributed by atoms with Gasteiger partial charge in [0.25, 0.3) is 5.69 Å². The highest BCUT2D eigenvalue weighted by Gasteiger charge is 2.26. The van der Waals surface area contributed by atoms with Gasteiger partial charge in [0, 0.05) is 25.6 Å². The summed E-state index contributed by atoms with van der Waals surface area (Å²) in [5.74, 6) is -0.148. The number of anilines is 1. The lowest BCUT2D eigenvalue weighted by Crippen LogP contribution is -2.22. The second-order valence-electron chi connectivity index (χ2n) is 4.97. The van der Waals surface area contributed by atoms with E-state index in [0.29, 0.717) is 25.3 Å². The zero-order chi connectivity index (χ0) is 15.4. The SMILES string of the molecule is N#Cc1cc([N+](=O)[O-])cnc1N1CCC(CCC(=O)O)C1. The molecular formula is C13H14N4O4. The fourth-order valence-corrected chi connectivity index (χ4v) is 2.47. The van der Waals surface area contributed by atoms with Gasteiger partial charge in [-0.25, -0.2) is 4.98 Å². The summed E-state index contributed by atoms with van der Waals surface area (Å²) in [6.45, 7) is 1.29. The smallest absolute Gasteiger partial charge is 0.303 e. The molecule has 0 saturated carbocycles. The van der Waals surface area contributed by atoms with Gasteiger partial charge in [-0.2, -0.15) is 5.26 Å². The lowest BCUT2D eigenvalue weighted by molar-refractivity contribution is -0.385. The number of carboxylic acid groups (broad SMARTS) is 1. The van der Waals surface area contributed by atoms with Gasteiger partial charge >= 0.3 is 5.97 Å². The number of rotatable bonds is 5. The fourth-order valence-electron chi connectivity index (χ4n) is 2.47. The van der Waals surface area contributed by atoms with Crippen molar-refractivity contribution in [3.05, 3.63) is 27.9 Å². The minimum Gasteiger partial charge on any atom is -0.481 e. The number of pyridine rings is 1. The third kappa shape index (κ3) is 3.45. The molecule has 2 heterocycles. The zero-order valence-electron chi connectivity index (χ0n) is 11.2. The van der Waals surface area contributed by atoms with Gasteiger partial charge in [0.15, 0.2) is 0 Å². The quantitative estimate of drug-likeness (QED) is 0.645. The highest BCUT2D eigenvalue weighted by Crippen LogP contribution is 2.28. The van der Waals surface area contributed by atoms with E-state index in [1.54, 1.807) is 0 Å². The molecule has 0 radical (unpaired) electrons. The molecule has 1 unspecified atom stereocenters. The van der Waals surface area contributed by atoms with Gasteiger partial charge < -0.3 is 10.0 Å². The lowest BCUT2D eigenvalue weighted by Gasteiger charge is -2.18. The van der Waals surface area contributed by atoms with Crippen LogP contribution in [0.2, 0.25) is 0 Å². The van der Waals surface area contributed by atoms with Crippen LogP contribution < -0.4 is 4.90 Å². The molecule has 1 atom stereocenters. The van der Waals surface area contributed by atoms with Crippen LogP contribution in [0.3, 0.4) is 0 Å². The minimum atomic E-state index is -0.820. The molecule has 0 spiro atoms. The highest BCUT2D eigenvalue weighted by molar-refractivity contribution is 5.66. The van der Waals surface area contributed by atoms with E-state index in [1.165, 1.54) is 6.07 Å². The van der Waals surface area contributed by atoms with Crippen LogP contribution in [0.25, 0.3) is 0 Å².